The van der Waals surface area contributed by atoms with Crippen LogP contribution in [0, 0.1) is 0 Å². The van der Waals surface area contributed by atoms with Crippen LogP contribution in [0.5, 0.6) is 5.75 Å². The van der Waals surface area contributed by atoms with Gasteiger partial charge in [0.25, 0.3) is 5.91 Å². The summed E-state index contributed by atoms with van der Waals surface area (Å²) in [5.41, 5.74) is 1.39. The number of benzene rings is 1. The van der Waals surface area contributed by atoms with E-state index in [1.54, 1.807) is 20.4 Å². The number of methoxy groups -OCH3 is 2. The van der Waals surface area contributed by atoms with Crippen LogP contribution in [0.15, 0.2) is 30.5 Å². The third kappa shape index (κ3) is 4.11. The lowest BCUT2D eigenvalue weighted by molar-refractivity contribution is 0.0937. The molecule has 1 amide bonds. The number of carbonyl (C=O) groups excluding carboxylic acids is 1. The number of hydrogen-bond acceptors (Lipinski definition) is 6. The Morgan fingerprint density at radius 2 is 1.92 bits per heavy atom. The Labute approximate surface area is 153 Å². The Bertz CT molecular complexity index is 743. The molecule has 0 bridgehead atoms. The molecule has 1 aromatic heterocycles. The SMILES string of the molecule is COCCNC(=O)c1cnc(-c2ccc(OC)cc2)nc1N1CCCC1. The average molecular weight is 356 g/mol. The van der Waals surface area contributed by atoms with Crippen LogP contribution in [0.2, 0.25) is 0 Å². The normalized spacial score (nSPS) is 13.7. The monoisotopic (exact) mass is 356 g/mol. The van der Waals surface area contributed by atoms with E-state index in [2.05, 4.69) is 15.2 Å². The molecule has 7 heteroatoms. The summed E-state index contributed by atoms with van der Waals surface area (Å²) in [7, 11) is 3.24. The Morgan fingerprint density at radius 3 is 2.58 bits per heavy atom. The fraction of sp³-hybridized carbons (Fsp3) is 0.421. The summed E-state index contributed by atoms with van der Waals surface area (Å²) >= 11 is 0. The van der Waals surface area contributed by atoms with Crippen LogP contribution in [-0.2, 0) is 4.74 Å². The molecule has 2 heterocycles. The number of amides is 1. The van der Waals surface area contributed by atoms with Crippen LogP contribution in [0.3, 0.4) is 0 Å². The van der Waals surface area contributed by atoms with Gasteiger partial charge in [0.05, 0.1) is 13.7 Å². The maximum absolute atomic E-state index is 12.5. The van der Waals surface area contributed by atoms with Crippen molar-refractivity contribution in [3.63, 3.8) is 0 Å². The molecule has 0 aliphatic carbocycles. The third-order valence-corrected chi connectivity index (χ3v) is 4.36. The first kappa shape index (κ1) is 18.1. The van der Waals surface area contributed by atoms with E-state index in [1.807, 2.05) is 24.3 Å². The van der Waals surface area contributed by atoms with E-state index in [9.17, 15) is 4.79 Å². The molecule has 1 aromatic carbocycles. The van der Waals surface area contributed by atoms with Gasteiger partial charge in [-0.1, -0.05) is 0 Å². The maximum Gasteiger partial charge on any atom is 0.256 e. The summed E-state index contributed by atoms with van der Waals surface area (Å²) in [4.78, 5) is 23.8. The Balaban J connectivity index is 1.90. The quantitative estimate of drug-likeness (QED) is 0.766. The zero-order valence-electron chi connectivity index (χ0n) is 15.2. The van der Waals surface area contributed by atoms with Gasteiger partial charge in [0.15, 0.2) is 5.82 Å². The predicted octanol–water partition coefficient (Wildman–Crippen LogP) is 2.13. The van der Waals surface area contributed by atoms with Gasteiger partial charge >= 0.3 is 0 Å². The van der Waals surface area contributed by atoms with Crippen LogP contribution in [0.25, 0.3) is 11.4 Å². The molecule has 138 valence electrons. The lowest BCUT2D eigenvalue weighted by Gasteiger charge is -2.20. The fourth-order valence-electron chi connectivity index (χ4n) is 2.94. The van der Waals surface area contributed by atoms with Crippen LogP contribution >= 0.6 is 0 Å². The Hall–Kier alpha value is -2.67. The molecular formula is C19H24N4O3. The summed E-state index contributed by atoms with van der Waals surface area (Å²) in [5, 5.41) is 2.85. The van der Waals surface area contributed by atoms with Gasteiger partial charge in [-0.3, -0.25) is 4.79 Å². The minimum Gasteiger partial charge on any atom is -0.497 e. The van der Waals surface area contributed by atoms with Crippen molar-refractivity contribution in [2.24, 2.45) is 0 Å². The van der Waals surface area contributed by atoms with E-state index < -0.39 is 0 Å². The topological polar surface area (TPSA) is 76.6 Å². The zero-order chi connectivity index (χ0) is 18.4. The van der Waals surface area contributed by atoms with E-state index in [1.165, 1.54) is 0 Å². The zero-order valence-corrected chi connectivity index (χ0v) is 15.2. The summed E-state index contributed by atoms with van der Waals surface area (Å²) in [6, 6.07) is 7.58. The second-order valence-electron chi connectivity index (χ2n) is 6.10. The number of nitrogens with one attached hydrogen (secondary N) is 1. The largest absolute Gasteiger partial charge is 0.497 e. The number of hydrogen-bond donors (Lipinski definition) is 1. The van der Waals surface area contributed by atoms with Gasteiger partial charge in [0, 0.05) is 38.5 Å². The predicted molar refractivity (Wildman–Crippen MR) is 99.7 cm³/mol. The minimum absolute atomic E-state index is 0.176. The molecule has 26 heavy (non-hydrogen) atoms. The van der Waals surface area contributed by atoms with Crippen molar-refractivity contribution < 1.29 is 14.3 Å². The van der Waals surface area contributed by atoms with Crippen molar-refractivity contribution in [1.29, 1.82) is 0 Å². The first-order valence-electron chi connectivity index (χ1n) is 8.76. The molecule has 0 radical (unpaired) electrons. The molecular weight excluding hydrogens is 332 g/mol. The lowest BCUT2D eigenvalue weighted by Crippen LogP contribution is -2.30. The van der Waals surface area contributed by atoms with Crippen LogP contribution in [0.4, 0.5) is 5.82 Å². The number of carbonyl (C=O) groups is 1. The van der Waals surface area contributed by atoms with Crippen molar-refractivity contribution in [2.75, 3.05) is 45.4 Å². The third-order valence-electron chi connectivity index (χ3n) is 4.36. The molecule has 3 rings (SSSR count). The molecule has 0 unspecified atom stereocenters. The summed E-state index contributed by atoms with van der Waals surface area (Å²) < 4.78 is 10.2. The molecule has 1 fully saturated rings. The van der Waals surface area contributed by atoms with E-state index in [0.29, 0.717) is 30.4 Å². The first-order chi connectivity index (χ1) is 12.7. The van der Waals surface area contributed by atoms with Gasteiger partial charge in [0.1, 0.15) is 17.1 Å². The summed E-state index contributed by atoms with van der Waals surface area (Å²) in [6.07, 6.45) is 3.82. The van der Waals surface area contributed by atoms with Crippen molar-refractivity contribution in [3.8, 4) is 17.1 Å². The highest BCUT2D eigenvalue weighted by atomic mass is 16.5. The minimum atomic E-state index is -0.176. The lowest BCUT2D eigenvalue weighted by atomic mass is 10.2. The van der Waals surface area contributed by atoms with Crippen molar-refractivity contribution in [3.05, 3.63) is 36.0 Å². The number of anilines is 1. The summed E-state index contributed by atoms with van der Waals surface area (Å²) in [6.45, 7) is 2.72. The smallest absolute Gasteiger partial charge is 0.256 e. The number of nitrogens with zero attached hydrogens (tertiary/aromatic N) is 3. The van der Waals surface area contributed by atoms with Gasteiger partial charge in [0.2, 0.25) is 0 Å². The van der Waals surface area contributed by atoms with Crippen molar-refractivity contribution in [2.45, 2.75) is 12.8 Å². The van der Waals surface area contributed by atoms with Crippen LogP contribution in [0.1, 0.15) is 23.2 Å². The summed E-state index contributed by atoms with van der Waals surface area (Å²) in [5.74, 6) is 1.90. The van der Waals surface area contributed by atoms with Crippen LogP contribution in [-0.4, -0.2) is 56.3 Å². The molecule has 1 N–H and O–H groups in total. The second kappa shape index (κ2) is 8.62. The molecule has 1 saturated heterocycles. The number of rotatable bonds is 7. The highest BCUT2D eigenvalue weighted by molar-refractivity contribution is 5.99. The second-order valence-corrected chi connectivity index (χ2v) is 6.10. The number of aromatic nitrogens is 2. The Morgan fingerprint density at radius 1 is 1.19 bits per heavy atom. The van der Waals surface area contributed by atoms with E-state index >= 15 is 0 Å². The van der Waals surface area contributed by atoms with Gasteiger partial charge < -0.3 is 19.7 Å². The molecule has 0 spiro atoms. The molecule has 7 nitrogen and oxygen atoms in total. The fourth-order valence-corrected chi connectivity index (χ4v) is 2.94. The van der Waals surface area contributed by atoms with Gasteiger partial charge in [-0.05, 0) is 37.1 Å². The number of ether oxygens (including phenoxy) is 2. The van der Waals surface area contributed by atoms with Crippen molar-refractivity contribution in [1.82, 2.24) is 15.3 Å². The highest BCUT2D eigenvalue weighted by Crippen LogP contribution is 2.26. The molecule has 1 aliphatic rings. The van der Waals surface area contributed by atoms with Gasteiger partial charge in [-0.25, -0.2) is 9.97 Å². The first-order valence-corrected chi connectivity index (χ1v) is 8.76. The molecule has 0 atom stereocenters. The molecule has 2 aromatic rings. The van der Waals surface area contributed by atoms with Gasteiger partial charge in [-0.2, -0.15) is 0 Å². The molecule has 0 saturated carbocycles. The van der Waals surface area contributed by atoms with Gasteiger partial charge in [-0.15, -0.1) is 0 Å². The maximum atomic E-state index is 12.5. The molecule has 1 aliphatic heterocycles. The van der Waals surface area contributed by atoms with Crippen LogP contribution < -0.4 is 15.0 Å². The standard InChI is InChI=1S/C19H24N4O3/c1-25-12-9-20-19(24)16-13-21-17(14-5-7-15(26-2)8-6-14)22-18(16)23-10-3-4-11-23/h5-8,13H,3-4,9-12H2,1-2H3,(H,20,24). The highest BCUT2D eigenvalue weighted by Gasteiger charge is 2.22. The van der Waals surface area contributed by atoms with E-state index in [4.69, 9.17) is 14.5 Å². The van der Waals surface area contributed by atoms with Crippen molar-refractivity contribution >= 4 is 11.7 Å². The van der Waals surface area contributed by atoms with E-state index in [0.717, 1.165) is 37.2 Å². The average Bonchev–Trinajstić information content (AvgIpc) is 3.22. The van der Waals surface area contributed by atoms with E-state index in [-0.39, 0.29) is 5.91 Å². The Kier molecular flexibility index (Phi) is 6.01.